The molecule has 1 amide bonds. The Balaban J connectivity index is 1.45. The zero-order valence-electron chi connectivity index (χ0n) is 16.4. The Labute approximate surface area is 171 Å². The summed E-state index contributed by atoms with van der Waals surface area (Å²) < 4.78 is 5.49. The van der Waals surface area contributed by atoms with Gasteiger partial charge in [-0.3, -0.25) is 9.69 Å². The lowest BCUT2D eigenvalue weighted by Crippen LogP contribution is -2.32. The predicted molar refractivity (Wildman–Crippen MR) is 112 cm³/mol. The number of carbonyl (C=O) groups excluding carboxylic acids is 1. The first kappa shape index (κ1) is 19.4. The molecule has 2 heterocycles. The quantitative estimate of drug-likeness (QED) is 0.643. The van der Waals surface area contributed by atoms with Crippen LogP contribution in [0.15, 0.2) is 71.3 Å². The second-order valence-electron chi connectivity index (χ2n) is 7.43. The fourth-order valence-corrected chi connectivity index (χ4v) is 4.00. The summed E-state index contributed by atoms with van der Waals surface area (Å²) in [7, 11) is 0. The van der Waals surface area contributed by atoms with Crippen LogP contribution in [0.3, 0.4) is 0 Å². The Morgan fingerprint density at radius 2 is 1.83 bits per heavy atom. The minimum absolute atomic E-state index is 0.194. The van der Waals surface area contributed by atoms with E-state index < -0.39 is 0 Å². The molecule has 0 spiro atoms. The zero-order valence-corrected chi connectivity index (χ0v) is 16.4. The van der Waals surface area contributed by atoms with Crippen LogP contribution in [0.25, 0.3) is 11.1 Å². The third-order valence-electron chi connectivity index (χ3n) is 5.60. The van der Waals surface area contributed by atoms with Gasteiger partial charge in [0, 0.05) is 24.7 Å². The van der Waals surface area contributed by atoms with Crippen molar-refractivity contribution in [1.29, 1.82) is 0 Å². The molecule has 1 saturated heterocycles. The van der Waals surface area contributed by atoms with E-state index in [9.17, 15) is 9.90 Å². The number of nitrogens with one attached hydrogen (secondary N) is 1. The van der Waals surface area contributed by atoms with E-state index in [0.29, 0.717) is 12.3 Å². The molecule has 29 heavy (non-hydrogen) atoms. The van der Waals surface area contributed by atoms with E-state index in [1.807, 2.05) is 54.6 Å². The van der Waals surface area contributed by atoms with Gasteiger partial charge in [-0.1, -0.05) is 54.6 Å². The van der Waals surface area contributed by atoms with E-state index in [1.54, 1.807) is 6.26 Å². The normalized spacial score (nSPS) is 16.8. The maximum atomic E-state index is 12.8. The van der Waals surface area contributed by atoms with Gasteiger partial charge in [0.25, 0.3) is 5.91 Å². The standard InChI is InChI=1S/C24H26N2O3/c27-17-21-11-6-13-26(21)16-20-10-5-4-9-19(20)15-25-24(28)23-22(12-14-29-23)18-7-2-1-3-8-18/h1-5,7-10,12,14,21,27H,6,11,13,15-17H2,(H,25,28)/t21-/m1/s1. The average Bonchev–Trinajstić information content (AvgIpc) is 3.43. The number of aliphatic hydroxyl groups is 1. The summed E-state index contributed by atoms with van der Waals surface area (Å²) in [5.74, 6) is 0.103. The molecule has 5 heteroatoms. The van der Waals surface area contributed by atoms with Crippen molar-refractivity contribution >= 4 is 5.91 Å². The number of nitrogens with zero attached hydrogens (tertiary/aromatic N) is 1. The first-order valence-corrected chi connectivity index (χ1v) is 10.1. The van der Waals surface area contributed by atoms with Crippen LogP contribution in [0.5, 0.6) is 0 Å². The Kier molecular flexibility index (Phi) is 6.08. The smallest absolute Gasteiger partial charge is 0.287 e. The van der Waals surface area contributed by atoms with Crippen LogP contribution in [-0.4, -0.2) is 35.1 Å². The summed E-state index contributed by atoms with van der Waals surface area (Å²) in [6, 6.07) is 19.9. The first-order chi connectivity index (χ1) is 14.3. The highest BCUT2D eigenvalue weighted by Crippen LogP contribution is 2.25. The number of hydrogen-bond acceptors (Lipinski definition) is 4. The second-order valence-corrected chi connectivity index (χ2v) is 7.43. The molecule has 1 fully saturated rings. The van der Waals surface area contributed by atoms with Crippen LogP contribution in [0, 0.1) is 0 Å². The van der Waals surface area contributed by atoms with Crippen molar-refractivity contribution in [1.82, 2.24) is 10.2 Å². The van der Waals surface area contributed by atoms with Gasteiger partial charge in [0.15, 0.2) is 5.76 Å². The minimum atomic E-state index is -0.224. The minimum Gasteiger partial charge on any atom is -0.459 e. The second kappa shape index (κ2) is 9.07. The monoisotopic (exact) mass is 390 g/mol. The third-order valence-corrected chi connectivity index (χ3v) is 5.60. The van der Waals surface area contributed by atoms with E-state index >= 15 is 0 Å². The molecule has 1 aromatic heterocycles. The maximum absolute atomic E-state index is 12.8. The van der Waals surface area contributed by atoms with Crippen molar-refractivity contribution in [2.75, 3.05) is 13.2 Å². The van der Waals surface area contributed by atoms with Crippen LogP contribution < -0.4 is 5.32 Å². The molecule has 1 aliphatic heterocycles. The van der Waals surface area contributed by atoms with Crippen molar-refractivity contribution in [3.63, 3.8) is 0 Å². The summed E-state index contributed by atoms with van der Waals surface area (Å²) in [5, 5.41) is 12.6. The number of hydrogen-bond donors (Lipinski definition) is 2. The lowest BCUT2D eigenvalue weighted by molar-refractivity contribution is 0.0924. The topological polar surface area (TPSA) is 65.7 Å². The van der Waals surface area contributed by atoms with Gasteiger partial charge in [-0.15, -0.1) is 0 Å². The van der Waals surface area contributed by atoms with Gasteiger partial charge in [-0.2, -0.15) is 0 Å². The molecule has 0 unspecified atom stereocenters. The first-order valence-electron chi connectivity index (χ1n) is 10.1. The number of likely N-dealkylation sites (tertiary alicyclic amines) is 1. The largest absolute Gasteiger partial charge is 0.459 e. The zero-order chi connectivity index (χ0) is 20.1. The van der Waals surface area contributed by atoms with Gasteiger partial charge in [-0.25, -0.2) is 0 Å². The summed E-state index contributed by atoms with van der Waals surface area (Å²) in [4.78, 5) is 15.1. The molecule has 0 bridgehead atoms. The lowest BCUT2D eigenvalue weighted by Gasteiger charge is -2.24. The SMILES string of the molecule is O=C(NCc1ccccc1CN1CCC[C@@H]1CO)c1occc1-c1ccccc1. The van der Waals surface area contributed by atoms with Crippen molar-refractivity contribution in [2.24, 2.45) is 0 Å². The molecule has 0 radical (unpaired) electrons. The predicted octanol–water partition coefficient (Wildman–Crippen LogP) is 3.83. The third kappa shape index (κ3) is 4.42. The van der Waals surface area contributed by atoms with E-state index in [0.717, 1.165) is 42.6 Å². The van der Waals surface area contributed by atoms with Crippen molar-refractivity contribution in [3.05, 3.63) is 83.8 Å². The summed E-state index contributed by atoms with van der Waals surface area (Å²) in [6.45, 7) is 2.41. The molecule has 5 nitrogen and oxygen atoms in total. The molecule has 0 saturated carbocycles. The Morgan fingerprint density at radius 3 is 2.62 bits per heavy atom. The van der Waals surface area contributed by atoms with Crippen molar-refractivity contribution < 1.29 is 14.3 Å². The number of rotatable bonds is 7. The highest BCUT2D eigenvalue weighted by atomic mass is 16.3. The highest BCUT2D eigenvalue weighted by molar-refractivity contribution is 5.98. The molecule has 2 N–H and O–H groups in total. The molecule has 3 aromatic rings. The summed E-state index contributed by atoms with van der Waals surface area (Å²) in [6.07, 6.45) is 3.70. The lowest BCUT2D eigenvalue weighted by atomic mass is 10.1. The molecular formula is C24H26N2O3. The van der Waals surface area contributed by atoms with E-state index in [4.69, 9.17) is 4.42 Å². The van der Waals surface area contributed by atoms with E-state index in [2.05, 4.69) is 16.3 Å². The number of carbonyl (C=O) groups is 1. The number of amides is 1. The number of aliphatic hydroxyl groups excluding tert-OH is 1. The van der Waals surface area contributed by atoms with E-state index in [1.165, 1.54) is 5.56 Å². The van der Waals surface area contributed by atoms with Crippen molar-refractivity contribution in [3.8, 4) is 11.1 Å². The fraction of sp³-hybridized carbons (Fsp3) is 0.292. The van der Waals surface area contributed by atoms with Crippen LogP contribution in [-0.2, 0) is 13.1 Å². The van der Waals surface area contributed by atoms with Gasteiger partial charge in [0.1, 0.15) is 0 Å². The van der Waals surface area contributed by atoms with Crippen LogP contribution in [0.2, 0.25) is 0 Å². The molecule has 2 aromatic carbocycles. The molecule has 1 aliphatic rings. The van der Waals surface area contributed by atoms with Gasteiger partial charge in [0.2, 0.25) is 0 Å². The fourth-order valence-electron chi connectivity index (χ4n) is 4.00. The highest BCUT2D eigenvalue weighted by Gasteiger charge is 2.24. The van der Waals surface area contributed by atoms with Gasteiger partial charge in [0.05, 0.1) is 12.9 Å². The van der Waals surface area contributed by atoms with Crippen LogP contribution in [0.1, 0.15) is 34.5 Å². The Morgan fingerprint density at radius 1 is 1.07 bits per heavy atom. The average molecular weight is 390 g/mol. The van der Waals surface area contributed by atoms with Gasteiger partial charge >= 0.3 is 0 Å². The Hall–Kier alpha value is -2.89. The number of furan rings is 1. The Bertz CT molecular complexity index is 952. The molecule has 0 aliphatic carbocycles. The summed E-state index contributed by atoms with van der Waals surface area (Å²) in [5.41, 5.74) is 4.00. The molecule has 4 rings (SSSR count). The molecule has 150 valence electrons. The molecular weight excluding hydrogens is 364 g/mol. The molecule has 1 atom stereocenters. The van der Waals surface area contributed by atoms with Gasteiger partial charge < -0.3 is 14.8 Å². The van der Waals surface area contributed by atoms with Crippen LogP contribution >= 0.6 is 0 Å². The maximum Gasteiger partial charge on any atom is 0.287 e. The van der Waals surface area contributed by atoms with Crippen molar-refractivity contribution in [2.45, 2.75) is 32.0 Å². The van der Waals surface area contributed by atoms with E-state index in [-0.39, 0.29) is 18.6 Å². The number of benzene rings is 2. The van der Waals surface area contributed by atoms with Gasteiger partial charge in [-0.05, 0) is 42.1 Å². The van der Waals surface area contributed by atoms with Crippen LogP contribution in [0.4, 0.5) is 0 Å². The summed E-state index contributed by atoms with van der Waals surface area (Å²) >= 11 is 0.